The molecule has 0 spiro atoms. The van der Waals surface area contributed by atoms with Crippen molar-refractivity contribution in [3.05, 3.63) is 58.6 Å². The number of aryl methyl sites for hydroxylation is 1. The predicted octanol–water partition coefficient (Wildman–Crippen LogP) is 2.42. The zero-order valence-corrected chi connectivity index (χ0v) is 16.6. The second-order valence-electron chi connectivity index (χ2n) is 7.31. The Balaban J connectivity index is 1.53. The third-order valence-corrected chi connectivity index (χ3v) is 5.77. The van der Waals surface area contributed by atoms with Gasteiger partial charge in [-0.3, -0.25) is 0 Å². The van der Waals surface area contributed by atoms with Gasteiger partial charge < -0.3 is 29.0 Å². The van der Waals surface area contributed by atoms with E-state index >= 15 is 0 Å². The van der Waals surface area contributed by atoms with Gasteiger partial charge in [-0.05, 0) is 30.7 Å². The van der Waals surface area contributed by atoms with Crippen molar-refractivity contribution < 1.29 is 29.2 Å². The van der Waals surface area contributed by atoms with Crippen molar-refractivity contribution >= 4 is 28.8 Å². The van der Waals surface area contributed by atoms with Gasteiger partial charge in [0.05, 0.1) is 5.69 Å². The molecule has 0 bridgehead atoms. The van der Waals surface area contributed by atoms with Gasteiger partial charge in [-0.2, -0.15) is 0 Å². The Morgan fingerprint density at radius 2 is 2.03 bits per heavy atom. The molecule has 30 heavy (non-hydrogen) atoms. The van der Waals surface area contributed by atoms with Crippen LogP contribution in [0.15, 0.2) is 36.8 Å². The Morgan fingerprint density at radius 3 is 2.87 bits per heavy atom. The molecule has 0 aliphatic carbocycles. The summed E-state index contributed by atoms with van der Waals surface area (Å²) in [5, 5.41) is 22.8. The predicted molar refractivity (Wildman–Crippen MR) is 104 cm³/mol. The molecule has 1 saturated heterocycles. The van der Waals surface area contributed by atoms with Crippen molar-refractivity contribution in [1.82, 2.24) is 14.5 Å². The summed E-state index contributed by atoms with van der Waals surface area (Å²) in [6.45, 7) is 1.84. The highest BCUT2D eigenvalue weighted by molar-refractivity contribution is 6.30. The molecule has 10 heteroatoms. The standard InChI is InChI=1S/C20H18ClN3O6/c1-9-12-4-5-24(18(12)23-8-22-9)19-15(26)14(25)17(29-19)16-13-3-2-11(21)6-10(13)7-28-20(27)30-16/h2-6,8,14-17,19,25-26H,7H2,1H3/t14-,15+,16+,17-,19+/m0/s1. The molecule has 0 radical (unpaired) electrons. The van der Waals surface area contributed by atoms with Gasteiger partial charge in [0.2, 0.25) is 0 Å². The fourth-order valence-electron chi connectivity index (χ4n) is 4.03. The fourth-order valence-corrected chi connectivity index (χ4v) is 4.22. The lowest BCUT2D eigenvalue weighted by Crippen LogP contribution is -2.36. The van der Waals surface area contributed by atoms with Crippen LogP contribution in [0, 0.1) is 6.92 Å². The molecule has 0 unspecified atom stereocenters. The van der Waals surface area contributed by atoms with E-state index in [0.29, 0.717) is 21.8 Å². The number of benzene rings is 1. The zero-order chi connectivity index (χ0) is 21.0. The van der Waals surface area contributed by atoms with E-state index < -0.39 is 36.8 Å². The van der Waals surface area contributed by atoms with Crippen molar-refractivity contribution in [2.45, 2.75) is 44.2 Å². The number of aliphatic hydroxyl groups excluding tert-OH is 2. The summed E-state index contributed by atoms with van der Waals surface area (Å²) in [7, 11) is 0. The average molecular weight is 432 g/mol. The summed E-state index contributed by atoms with van der Waals surface area (Å²) >= 11 is 6.07. The average Bonchev–Trinajstić information content (AvgIpc) is 3.22. The fraction of sp³-hybridized carbons (Fsp3) is 0.350. The number of fused-ring (bicyclic) bond motifs is 2. The van der Waals surface area contributed by atoms with Crippen molar-refractivity contribution in [2.24, 2.45) is 0 Å². The molecule has 5 atom stereocenters. The molecule has 0 saturated carbocycles. The van der Waals surface area contributed by atoms with Gasteiger partial charge >= 0.3 is 6.16 Å². The molecular weight excluding hydrogens is 414 g/mol. The van der Waals surface area contributed by atoms with Gasteiger partial charge in [-0.1, -0.05) is 17.7 Å². The molecule has 2 aliphatic rings. The zero-order valence-electron chi connectivity index (χ0n) is 15.8. The van der Waals surface area contributed by atoms with Crippen LogP contribution in [-0.2, 0) is 20.8 Å². The summed E-state index contributed by atoms with van der Waals surface area (Å²) in [6.07, 6.45) is -3.31. The lowest BCUT2D eigenvalue weighted by atomic mass is 9.95. The molecule has 4 heterocycles. The Kier molecular flexibility index (Phi) is 4.62. The third-order valence-electron chi connectivity index (χ3n) is 5.54. The summed E-state index contributed by atoms with van der Waals surface area (Å²) < 4.78 is 18.2. The van der Waals surface area contributed by atoms with Gasteiger partial charge in [-0.15, -0.1) is 0 Å². The third kappa shape index (κ3) is 3.02. The van der Waals surface area contributed by atoms with E-state index in [4.69, 9.17) is 25.8 Å². The summed E-state index contributed by atoms with van der Waals surface area (Å²) in [6, 6.07) is 6.83. The van der Waals surface area contributed by atoms with Crippen molar-refractivity contribution in [3.63, 3.8) is 0 Å². The molecule has 2 N–H and O–H groups in total. The van der Waals surface area contributed by atoms with Crippen molar-refractivity contribution in [1.29, 1.82) is 0 Å². The topological polar surface area (TPSA) is 116 Å². The van der Waals surface area contributed by atoms with Gasteiger partial charge in [0.25, 0.3) is 0 Å². The Bertz CT molecular complexity index is 1130. The van der Waals surface area contributed by atoms with Crippen LogP contribution in [0.5, 0.6) is 0 Å². The molecule has 5 rings (SSSR count). The minimum absolute atomic E-state index is 0.0154. The normalized spacial score (nSPS) is 28.7. The van der Waals surface area contributed by atoms with Crippen LogP contribution in [0.1, 0.15) is 29.2 Å². The van der Waals surface area contributed by atoms with E-state index in [1.807, 2.05) is 13.0 Å². The first-order valence-electron chi connectivity index (χ1n) is 9.35. The van der Waals surface area contributed by atoms with Crippen LogP contribution in [0.25, 0.3) is 11.0 Å². The highest BCUT2D eigenvalue weighted by Crippen LogP contribution is 2.41. The first-order valence-corrected chi connectivity index (χ1v) is 9.73. The smallest absolute Gasteiger partial charge is 0.429 e. The first kappa shape index (κ1) is 19.3. The monoisotopic (exact) mass is 431 g/mol. The number of halogens is 1. The van der Waals surface area contributed by atoms with E-state index in [2.05, 4.69) is 9.97 Å². The highest BCUT2D eigenvalue weighted by Gasteiger charge is 2.50. The first-order chi connectivity index (χ1) is 14.4. The maximum absolute atomic E-state index is 12.0. The van der Waals surface area contributed by atoms with E-state index in [9.17, 15) is 15.0 Å². The number of aliphatic hydroxyl groups is 2. The lowest BCUT2D eigenvalue weighted by molar-refractivity contribution is -0.0959. The molecule has 1 aromatic carbocycles. The molecule has 2 aliphatic heterocycles. The van der Waals surface area contributed by atoms with E-state index in [0.717, 1.165) is 11.1 Å². The molecule has 2 aromatic heterocycles. The molecule has 3 aromatic rings. The number of ether oxygens (including phenoxy) is 3. The van der Waals surface area contributed by atoms with Gasteiger partial charge in [0.15, 0.2) is 12.3 Å². The van der Waals surface area contributed by atoms with Crippen LogP contribution in [0.3, 0.4) is 0 Å². The molecule has 1 fully saturated rings. The number of hydrogen-bond donors (Lipinski definition) is 2. The number of hydrogen-bond acceptors (Lipinski definition) is 8. The summed E-state index contributed by atoms with van der Waals surface area (Å²) in [5.74, 6) is 0. The van der Waals surface area contributed by atoms with Gasteiger partial charge in [0.1, 0.15) is 36.9 Å². The maximum atomic E-state index is 12.0. The largest absolute Gasteiger partial charge is 0.509 e. The van der Waals surface area contributed by atoms with Crippen LogP contribution >= 0.6 is 11.6 Å². The van der Waals surface area contributed by atoms with Crippen LogP contribution < -0.4 is 0 Å². The number of cyclic esters (lactones) is 2. The van der Waals surface area contributed by atoms with Crippen molar-refractivity contribution in [2.75, 3.05) is 0 Å². The molecule has 9 nitrogen and oxygen atoms in total. The Morgan fingerprint density at radius 1 is 1.20 bits per heavy atom. The van der Waals surface area contributed by atoms with E-state index in [-0.39, 0.29) is 6.61 Å². The quantitative estimate of drug-likeness (QED) is 0.594. The Hall–Kier alpha value is -2.72. The SMILES string of the molecule is Cc1ncnc2c1ccn2[C@@H]1O[C@H]([C@@H]2OC(=O)OCc3cc(Cl)ccc32)[C@@H](O)[C@H]1O. The van der Waals surface area contributed by atoms with Crippen LogP contribution in [0.2, 0.25) is 5.02 Å². The Labute approximate surface area is 175 Å². The highest BCUT2D eigenvalue weighted by atomic mass is 35.5. The van der Waals surface area contributed by atoms with Crippen LogP contribution in [0.4, 0.5) is 4.79 Å². The number of rotatable bonds is 2. The minimum atomic E-state index is -1.32. The van der Waals surface area contributed by atoms with Gasteiger partial charge in [0, 0.05) is 22.2 Å². The van der Waals surface area contributed by atoms with E-state index in [1.165, 1.54) is 6.33 Å². The second kappa shape index (κ2) is 7.21. The summed E-state index contributed by atoms with van der Waals surface area (Å²) in [5.41, 5.74) is 2.58. The number of carbonyl (C=O) groups is 1. The van der Waals surface area contributed by atoms with E-state index in [1.54, 1.807) is 29.0 Å². The van der Waals surface area contributed by atoms with Crippen molar-refractivity contribution in [3.8, 4) is 0 Å². The second-order valence-corrected chi connectivity index (χ2v) is 7.75. The van der Waals surface area contributed by atoms with Gasteiger partial charge in [-0.25, -0.2) is 14.8 Å². The summed E-state index contributed by atoms with van der Waals surface area (Å²) in [4.78, 5) is 20.5. The number of nitrogens with zero attached hydrogens (tertiary/aromatic N) is 3. The van der Waals surface area contributed by atoms with Crippen LogP contribution in [-0.4, -0.2) is 49.2 Å². The number of carbonyl (C=O) groups excluding carboxylic acids is 1. The minimum Gasteiger partial charge on any atom is -0.429 e. The maximum Gasteiger partial charge on any atom is 0.509 e. The molecule has 156 valence electrons. The molecular formula is C20H18ClN3O6. The number of aromatic nitrogens is 3. The lowest BCUT2D eigenvalue weighted by Gasteiger charge is -2.25. The molecule has 0 amide bonds.